The molecule has 4 nitrogen and oxygen atoms in total. The molecule has 1 rings (SSSR count). The van der Waals surface area contributed by atoms with Crippen LogP contribution in [0, 0.1) is 0 Å². The van der Waals surface area contributed by atoms with Crippen LogP contribution in [0.25, 0.3) is 0 Å². The molecule has 2 N–H and O–H groups in total. The highest BCUT2D eigenvalue weighted by molar-refractivity contribution is 5.79. The van der Waals surface area contributed by atoms with Crippen molar-refractivity contribution in [1.82, 2.24) is 10.6 Å². The zero-order valence-corrected chi connectivity index (χ0v) is 12.9. The van der Waals surface area contributed by atoms with Gasteiger partial charge in [0.05, 0.1) is 19.3 Å². The van der Waals surface area contributed by atoms with Gasteiger partial charge in [-0.3, -0.25) is 4.99 Å². The first-order valence-corrected chi connectivity index (χ1v) is 7.88. The van der Waals surface area contributed by atoms with Crippen LogP contribution < -0.4 is 10.6 Å². The molecule has 0 atom stereocenters. The normalized spacial score (nSPS) is 18.4. The minimum absolute atomic E-state index is 0.403. The van der Waals surface area contributed by atoms with E-state index in [9.17, 15) is 0 Å². The average Bonchev–Trinajstić information content (AvgIpc) is 2.62. The van der Waals surface area contributed by atoms with Crippen LogP contribution >= 0.6 is 0 Å². The fraction of sp³-hybridized carbons (Fsp3) is 0.933. The quantitative estimate of drug-likeness (QED) is 0.337. The maximum atomic E-state index is 5.93. The van der Waals surface area contributed by atoms with Gasteiger partial charge in [0, 0.05) is 12.6 Å². The van der Waals surface area contributed by atoms with Crippen molar-refractivity contribution in [3.63, 3.8) is 0 Å². The molecule has 112 valence electrons. The average molecular weight is 269 g/mol. The van der Waals surface area contributed by atoms with Crippen LogP contribution in [0.3, 0.4) is 0 Å². The zero-order chi connectivity index (χ0) is 13.9. The third-order valence-electron chi connectivity index (χ3n) is 3.29. The molecule has 0 amide bonds. The summed E-state index contributed by atoms with van der Waals surface area (Å²) in [6, 6.07) is 0.403. The van der Waals surface area contributed by atoms with Gasteiger partial charge in [0.25, 0.3) is 0 Å². The lowest BCUT2D eigenvalue weighted by atomic mass is 10.1. The van der Waals surface area contributed by atoms with Gasteiger partial charge in [-0.2, -0.15) is 0 Å². The number of hydrogen-bond acceptors (Lipinski definition) is 2. The molecule has 0 radical (unpaired) electrons. The summed E-state index contributed by atoms with van der Waals surface area (Å²) in [5.41, 5.74) is 0. The molecular formula is C15H31N3O. The fourth-order valence-electron chi connectivity index (χ4n) is 2.38. The highest BCUT2D eigenvalue weighted by atomic mass is 16.5. The molecular weight excluding hydrogens is 238 g/mol. The van der Waals surface area contributed by atoms with Crippen molar-refractivity contribution >= 4 is 5.96 Å². The van der Waals surface area contributed by atoms with Crippen molar-refractivity contribution in [3.05, 3.63) is 0 Å². The monoisotopic (exact) mass is 269 g/mol. The Morgan fingerprint density at radius 1 is 1.21 bits per heavy atom. The molecule has 0 aromatic rings. The Kier molecular flexibility index (Phi) is 8.63. The van der Waals surface area contributed by atoms with E-state index in [1.54, 1.807) is 0 Å². The Labute approximate surface area is 118 Å². The van der Waals surface area contributed by atoms with Gasteiger partial charge in [-0.1, -0.05) is 25.7 Å². The van der Waals surface area contributed by atoms with E-state index in [-0.39, 0.29) is 0 Å². The number of hydrogen-bond donors (Lipinski definition) is 2. The van der Waals surface area contributed by atoms with Crippen molar-refractivity contribution in [1.29, 1.82) is 0 Å². The SMILES string of the molecule is CCNC(=NCCOC1CCCCCC1)NC(C)C. The summed E-state index contributed by atoms with van der Waals surface area (Å²) in [6.07, 6.45) is 8.33. The number of nitrogens with one attached hydrogen (secondary N) is 2. The molecule has 0 bridgehead atoms. The highest BCUT2D eigenvalue weighted by Gasteiger charge is 2.11. The summed E-state index contributed by atoms with van der Waals surface area (Å²) < 4.78 is 5.93. The third kappa shape index (κ3) is 8.09. The van der Waals surface area contributed by atoms with Crippen LogP contribution in [-0.4, -0.2) is 37.8 Å². The number of nitrogens with zero attached hydrogens (tertiary/aromatic N) is 1. The number of rotatable bonds is 6. The second-order valence-electron chi connectivity index (χ2n) is 5.54. The van der Waals surface area contributed by atoms with E-state index in [4.69, 9.17) is 4.74 Å². The molecule has 1 aliphatic carbocycles. The Balaban J connectivity index is 2.21. The summed E-state index contributed by atoms with van der Waals surface area (Å²) in [6.45, 7) is 8.68. The lowest BCUT2D eigenvalue weighted by Gasteiger charge is -2.16. The second-order valence-corrected chi connectivity index (χ2v) is 5.54. The number of ether oxygens (including phenoxy) is 1. The number of aliphatic imine (C=N–C) groups is 1. The van der Waals surface area contributed by atoms with Gasteiger partial charge in [0.1, 0.15) is 0 Å². The van der Waals surface area contributed by atoms with Crippen LogP contribution in [0.4, 0.5) is 0 Å². The Morgan fingerprint density at radius 2 is 1.89 bits per heavy atom. The highest BCUT2D eigenvalue weighted by Crippen LogP contribution is 2.19. The van der Waals surface area contributed by atoms with Gasteiger partial charge in [-0.25, -0.2) is 0 Å². The van der Waals surface area contributed by atoms with Gasteiger partial charge in [0.15, 0.2) is 5.96 Å². The first-order valence-electron chi connectivity index (χ1n) is 7.88. The van der Waals surface area contributed by atoms with Crippen molar-refractivity contribution in [2.45, 2.75) is 71.4 Å². The van der Waals surface area contributed by atoms with E-state index in [2.05, 4.69) is 36.4 Å². The van der Waals surface area contributed by atoms with E-state index in [1.165, 1.54) is 38.5 Å². The molecule has 1 fully saturated rings. The molecule has 0 spiro atoms. The summed E-state index contributed by atoms with van der Waals surface area (Å²) in [5, 5.41) is 6.56. The summed E-state index contributed by atoms with van der Waals surface area (Å²) in [4.78, 5) is 4.53. The van der Waals surface area contributed by atoms with Crippen molar-refractivity contribution < 1.29 is 4.74 Å². The van der Waals surface area contributed by atoms with E-state index in [0.717, 1.165) is 25.7 Å². The first kappa shape index (κ1) is 16.3. The lowest BCUT2D eigenvalue weighted by Crippen LogP contribution is -2.41. The van der Waals surface area contributed by atoms with Crippen molar-refractivity contribution in [2.24, 2.45) is 4.99 Å². The topological polar surface area (TPSA) is 45.7 Å². The van der Waals surface area contributed by atoms with Crippen molar-refractivity contribution in [2.75, 3.05) is 19.7 Å². The minimum atomic E-state index is 0.403. The maximum Gasteiger partial charge on any atom is 0.191 e. The fourth-order valence-corrected chi connectivity index (χ4v) is 2.38. The van der Waals surface area contributed by atoms with Crippen LogP contribution in [0.2, 0.25) is 0 Å². The molecule has 0 aliphatic heterocycles. The van der Waals surface area contributed by atoms with Crippen LogP contribution in [0.15, 0.2) is 4.99 Å². The molecule has 1 saturated carbocycles. The Bertz CT molecular complexity index is 246. The molecule has 4 heteroatoms. The molecule has 0 unspecified atom stereocenters. The maximum absolute atomic E-state index is 5.93. The van der Waals surface area contributed by atoms with Gasteiger partial charge in [-0.05, 0) is 33.6 Å². The lowest BCUT2D eigenvalue weighted by molar-refractivity contribution is 0.0487. The zero-order valence-electron chi connectivity index (χ0n) is 12.9. The predicted octanol–water partition coefficient (Wildman–Crippen LogP) is 2.69. The van der Waals surface area contributed by atoms with Gasteiger partial charge >= 0.3 is 0 Å². The number of guanidine groups is 1. The van der Waals surface area contributed by atoms with E-state index < -0.39 is 0 Å². The molecule has 0 aromatic heterocycles. The Hall–Kier alpha value is -0.770. The molecule has 0 aromatic carbocycles. The Morgan fingerprint density at radius 3 is 2.47 bits per heavy atom. The van der Waals surface area contributed by atoms with E-state index in [0.29, 0.717) is 12.1 Å². The molecule has 0 saturated heterocycles. The minimum Gasteiger partial charge on any atom is -0.376 e. The molecule has 19 heavy (non-hydrogen) atoms. The van der Waals surface area contributed by atoms with Gasteiger partial charge in [0.2, 0.25) is 0 Å². The van der Waals surface area contributed by atoms with Gasteiger partial charge in [-0.15, -0.1) is 0 Å². The van der Waals surface area contributed by atoms with Gasteiger partial charge < -0.3 is 15.4 Å². The smallest absolute Gasteiger partial charge is 0.191 e. The van der Waals surface area contributed by atoms with Crippen LogP contribution in [0.5, 0.6) is 0 Å². The summed E-state index contributed by atoms with van der Waals surface area (Å²) in [7, 11) is 0. The third-order valence-corrected chi connectivity index (χ3v) is 3.29. The molecule has 0 heterocycles. The van der Waals surface area contributed by atoms with Crippen LogP contribution in [-0.2, 0) is 4.74 Å². The largest absolute Gasteiger partial charge is 0.376 e. The summed E-state index contributed by atoms with van der Waals surface area (Å²) >= 11 is 0. The predicted molar refractivity (Wildman–Crippen MR) is 81.7 cm³/mol. The summed E-state index contributed by atoms with van der Waals surface area (Å²) in [5.74, 6) is 0.891. The van der Waals surface area contributed by atoms with E-state index in [1.807, 2.05) is 0 Å². The second kappa shape index (κ2) is 10.1. The van der Waals surface area contributed by atoms with Crippen LogP contribution in [0.1, 0.15) is 59.3 Å². The first-order chi connectivity index (χ1) is 9.22. The standard InChI is InChI=1S/C15H31N3O/c1-4-16-15(18-13(2)3)17-11-12-19-14-9-7-5-6-8-10-14/h13-14H,4-12H2,1-3H3,(H2,16,17,18). The van der Waals surface area contributed by atoms with Crippen molar-refractivity contribution in [3.8, 4) is 0 Å². The molecule has 1 aliphatic rings. The van der Waals surface area contributed by atoms with E-state index >= 15 is 0 Å².